The van der Waals surface area contributed by atoms with Gasteiger partial charge in [0.25, 0.3) is 0 Å². The predicted molar refractivity (Wildman–Crippen MR) is 120 cm³/mol. The van der Waals surface area contributed by atoms with Crippen LogP contribution in [0.25, 0.3) is 0 Å². The van der Waals surface area contributed by atoms with E-state index in [-0.39, 0.29) is 86.7 Å². The van der Waals surface area contributed by atoms with E-state index in [9.17, 15) is 18.3 Å². The number of phosphoric ester groups is 2. The van der Waals surface area contributed by atoms with Crippen LogP contribution in [0.3, 0.4) is 0 Å². The van der Waals surface area contributed by atoms with Gasteiger partial charge in [-0.1, -0.05) is 0 Å². The van der Waals surface area contributed by atoms with Gasteiger partial charge in [-0.2, -0.15) is 0 Å². The molecule has 0 rings (SSSR count). The Hall–Kier alpha value is 1.64. The van der Waals surface area contributed by atoms with Crippen molar-refractivity contribution < 1.29 is 107 Å². The van der Waals surface area contributed by atoms with Gasteiger partial charge in [0.05, 0.1) is 0 Å². The van der Waals surface area contributed by atoms with Crippen LogP contribution in [0.5, 0.6) is 0 Å². The molecule has 0 heterocycles. The second-order valence-corrected chi connectivity index (χ2v) is 7.62. The Kier molecular flexibility index (Phi) is 119. The zero-order valence-corrected chi connectivity index (χ0v) is 28.4. The number of hydrogen-bond donors (Lipinski definition) is 4. The summed E-state index contributed by atoms with van der Waals surface area (Å²) < 4.78 is 62.9. The minimum Gasteiger partial charge on any atom is -0.388 e. The standard InChI is InChI=1S/2C2H6O.2CH4O6P2.6CH3.2Pt/c2*1-3-2;2*1-6-9(4,5)7-8(2)3;;;;;;;;/h2*1-2H3;2*1H3,(H-,2,3,4,5);6*1H3;;/q;;;;6*-1;+2;+4/p+2. The Morgan fingerprint density at radius 3 is 0.750 bits per heavy atom. The Labute approximate surface area is 225 Å². The zero-order valence-electron chi connectivity index (χ0n) is 20.3. The van der Waals surface area contributed by atoms with Gasteiger partial charge in [0.15, 0.2) is 0 Å². The minimum absolute atomic E-state index is 0. The molecule has 0 bridgehead atoms. The molecule has 0 spiro atoms. The number of rotatable bonds is 6. The van der Waals surface area contributed by atoms with E-state index in [4.69, 9.17) is 19.6 Å². The minimum atomic E-state index is -4.26. The first-order valence-electron chi connectivity index (χ1n) is 5.08. The molecular formula is C12H40O14P4Pt2+2. The van der Waals surface area contributed by atoms with Crippen LogP contribution >= 0.6 is 32.2 Å². The molecule has 4 atom stereocenters. The molecule has 0 aromatic rings. The molecule has 20 heteroatoms. The topological polar surface area (TPSA) is 205 Å². The van der Waals surface area contributed by atoms with Gasteiger partial charge >= 0.3 is 74.3 Å². The summed E-state index contributed by atoms with van der Waals surface area (Å²) in [7, 11) is -6.41. The maximum Gasteiger partial charge on any atom is 4.00 e. The van der Waals surface area contributed by atoms with Crippen molar-refractivity contribution >= 4 is 32.2 Å². The Bertz CT molecular complexity index is 395. The molecular weight excluding hydrogens is 882 g/mol. The van der Waals surface area contributed by atoms with Crippen LogP contribution in [0.1, 0.15) is 0 Å². The van der Waals surface area contributed by atoms with Crippen LogP contribution in [0.15, 0.2) is 0 Å². The molecule has 0 amide bonds. The van der Waals surface area contributed by atoms with Crippen molar-refractivity contribution in [3.63, 3.8) is 0 Å². The Morgan fingerprint density at radius 1 is 0.594 bits per heavy atom. The van der Waals surface area contributed by atoms with Crippen molar-refractivity contribution in [2.45, 2.75) is 0 Å². The van der Waals surface area contributed by atoms with Crippen LogP contribution < -0.4 is 0 Å². The van der Waals surface area contributed by atoms with Crippen molar-refractivity contribution in [2.75, 3.05) is 42.7 Å². The maximum absolute atomic E-state index is 10.2. The first-order valence-corrected chi connectivity index (χ1v) is 10.3. The van der Waals surface area contributed by atoms with Gasteiger partial charge < -0.3 is 54.0 Å². The maximum atomic E-state index is 10.2. The van der Waals surface area contributed by atoms with Gasteiger partial charge in [-0.3, -0.25) is 18.8 Å². The fourth-order valence-electron chi connectivity index (χ4n) is 0.243. The second kappa shape index (κ2) is 49.7. The van der Waals surface area contributed by atoms with E-state index in [0.29, 0.717) is 0 Å². The quantitative estimate of drug-likeness (QED) is 0.220. The average molecular weight is 922 g/mol. The van der Waals surface area contributed by atoms with Crippen LogP contribution in [0, 0.1) is 44.6 Å². The van der Waals surface area contributed by atoms with Crippen LogP contribution in [0.2, 0.25) is 0 Å². The first kappa shape index (κ1) is 76.5. The van der Waals surface area contributed by atoms with Gasteiger partial charge in [-0.15, -0.1) is 9.79 Å². The van der Waals surface area contributed by atoms with Crippen molar-refractivity contribution in [1.82, 2.24) is 0 Å². The Morgan fingerprint density at radius 2 is 0.719 bits per heavy atom. The third-order valence-corrected chi connectivity index (χ3v) is 4.50. The fraction of sp³-hybridized carbons (Fsp3) is 0.500. The van der Waals surface area contributed by atoms with Crippen molar-refractivity contribution in [3.8, 4) is 0 Å². The largest absolute Gasteiger partial charge is 4.00 e. The van der Waals surface area contributed by atoms with Gasteiger partial charge in [0, 0.05) is 51.8 Å². The molecule has 4 N–H and O–H groups in total. The van der Waals surface area contributed by atoms with E-state index >= 15 is 0 Å². The number of hydrogen-bond acceptors (Lipinski definition) is 10. The van der Waals surface area contributed by atoms with Crippen LogP contribution in [0.4, 0.5) is 0 Å². The molecule has 0 aliphatic rings. The summed E-state index contributed by atoms with van der Waals surface area (Å²) in [5, 5.41) is 0. The van der Waals surface area contributed by atoms with Crippen molar-refractivity contribution in [1.29, 1.82) is 0 Å². The summed E-state index contributed by atoms with van der Waals surface area (Å²) in [5.74, 6) is 0. The zero-order chi connectivity index (χ0) is 20.4. The molecule has 0 saturated heterocycles. The van der Waals surface area contributed by atoms with E-state index < -0.39 is 32.2 Å². The molecule has 4 unspecified atom stereocenters. The number of phosphoric acid groups is 2. The predicted octanol–water partition coefficient (Wildman–Crippen LogP) is 4.02. The van der Waals surface area contributed by atoms with Crippen LogP contribution in [-0.2, 0) is 87.5 Å². The van der Waals surface area contributed by atoms with Gasteiger partial charge in [-0.05, 0) is 8.62 Å². The molecule has 14 nitrogen and oxygen atoms in total. The molecule has 0 aliphatic heterocycles. The van der Waals surface area contributed by atoms with E-state index in [1.165, 1.54) is 0 Å². The number of methoxy groups -OCH3 is 2. The molecule has 0 radical (unpaired) electrons. The first-order chi connectivity index (χ1) is 10.8. The van der Waals surface area contributed by atoms with E-state index in [1.807, 2.05) is 0 Å². The smallest absolute Gasteiger partial charge is 0.388 e. The third kappa shape index (κ3) is 95.5. The van der Waals surface area contributed by atoms with Crippen LogP contribution in [-0.4, -0.2) is 62.2 Å². The average Bonchev–Trinajstić information content (AvgIpc) is 2.38. The van der Waals surface area contributed by atoms with E-state index in [0.717, 1.165) is 14.2 Å². The number of ether oxygens (including phenoxy) is 2. The van der Waals surface area contributed by atoms with Gasteiger partial charge in [-0.25, -0.2) is 9.13 Å². The molecule has 0 aliphatic carbocycles. The molecule has 210 valence electrons. The fourth-order valence-corrected chi connectivity index (χ4v) is 2.19. The Balaban J connectivity index is -0.0000000167. The summed E-state index contributed by atoms with van der Waals surface area (Å²) in [6, 6.07) is 0. The molecule has 0 aromatic heterocycles. The van der Waals surface area contributed by atoms with E-state index in [2.05, 4.69) is 27.1 Å². The normalized spacial score (nSPS) is 11.7. The summed E-state index contributed by atoms with van der Waals surface area (Å²) >= 11 is 0. The summed E-state index contributed by atoms with van der Waals surface area (Å²) in [4.78, 5) is 32.3. The summed E-state index contributed by atoms with van der Waals surface area (Å²) in [6.45, 7) is 0. The van der Waals surface area contributed by atoms with E-state index in [1.54, 1.807) is 28.4 Å². The third-order valence-electron chi connectivity index (χ3n) is 0.808. The molecule has 0 fully saturated rings. The SMILES string of the molecule is COC.COC.COP(=O)(O)O[P+](=O)O.COP(=O)(O)O[P+](=O)O.[CH3-].[CH3-].[CH3-].[CH3-].[CH3-].[CH3-].[Pt+2].[Pt+4]. The summed E-state index contributed by atoms with van der Waals surface area (Å²) in [6.07, 6.45) is 0. The molecule has 0 saturated carbocycles. The van der Waals surface area contributed by atoms with Crippen molar-refractivity contribution in [2.24, 2.45) is 0 Å². The monoisotopic (exact) mass is 922 g/mol. The van der Waals surface area contributed by atoms with Crippen molar-refractivity contribution in [3.05, 3.63) is 44.6 Å². The molecule has 32 heavy (non-hydrogen) atoms. The van der Waals surface area contributed by atoms with Gasteiger partial charge in [0.2, 0.25) is 0 Å². The summed E-state index contributed by atoms with van der Waals surface area (Å²) in [5.41, 5.74) is 0. The van der Waals surface area contributed by atoms with Gasteiger partial charge in [0.1, 0.15) is 0 Å². The molecule has 0 aromatic carbocycles. The second-order valence-electron chi connectivity index (χ2n) is 2.76.